The molecule has 1 saturated heterocycles. The molecule has 1 aliphatic rings. The van der Waals surface area contributed by atoms with Crippen LogP contribution in [0.3, 0.4) is 0 Å². The minimum absolute atomic E-state index is 0.0435. The van der Waals surface area contributed by atoms with Crippen molar-refractivity contribution in [3.8, 4) is 0 Å². The molecule has 0 radical (unpaired) electrons. The van der Waals surface area contributed by atoms with Crippen molar-refractivity contribution in [1.29, 1.82) is 0 Å². The van der Waals surface area contributed by atoms with Gasteiger partial charge >= 0.3 is 0 Å². The smallest absolute Gasteiger partial charge is 0.269 e. The molecule has 140 valence electrons. The summed E-state index contributed by atoms with van der Waals surface area (Å²) in [5.41, 5.74) is 1.45. The summed E-state index contributed by atoms with van der Waals surface area (Å²) in [6, 6.07) is 15.1. The zero-order chi connectivity index (χ0) is 18.9. The van der Waals surface area contributed by atoms with Crippen LogP contribution in [0.15, 0.2) is 60.8 Å². The topological polar surface area (TPSA) is 65.5 Å². The van der Waals surface area contributed by atoms with Crippen LogP contribution in [0.5, 0.6) is 0 Å². The van der Waals surface area contributed by atoms with Gasteiger partial charge in [-0.05, 0) is 23.8 Å². The normalized spacial score (nSPS) is 15.0. The fraction of sp³-hybridized carbons (Fsp3) is 0.286. The maximum atomic E-state index is 12.3. The number of carbonyl (C=O) groups is 2. The number of hydrogen-bond donors (Lipinski definition) is 1. The first kappa shape index (κ1) is 18.8. The molecule has 0 saturated carbocycles. The molecule has 0 spiro atoms. The molecular formula is C21H24N4O2. The highest BCUT2D eigenvalue weighted by Crippen LogP contribution is 2.05. The quantitative estimate of drug-likeness (QED) is 0.792. The average Bonchev–Trinajstić information content (AvgIpc) is 2.74. The Bertz CT molecular complexity index is 769. The van der Waals surface area contributed by atoms with E-state index >= 15 is 0 Å². The number of rotatable bonds is 6. The van der Waals surface area contributed by atoms with Crippen molar-refractivity contribution in [2.75, 3.05) is 39.3 Å². The number of carbonyl (C=O) groups excluding carboxylic acids is 2. The van der Waals surface area contributed by atoms with Gasteiger partial charge in [0.1, 0.15) is 5.69 Å². The zero-order valence-electron chi connectivity index (χ0n) is 15.3. The molecule has 1 N–H and O–H groups in total. The van der Waals surface area contributed by atoms with E-state index in [1.165, 1.54) is 0 Å². The van der Waals surface area contributed by atoms with Crippen LogP contribution in [0.25, 0.3) is 6.08 Å². The van der Waals surface area contributed by atoms with Crippen LogP contribution in [-0.2, 0) is 4.79 Å². The van der Waals surface area contributed by atoms with Gasteiger partial charge in [-0.2, -0.15) is 0 Å². The van der Waals surface area contributed by atoms with Gasteiger partial charge in [-0.3, -0.25) is 19.5 Å². The lowest BCUT2D eigenvalue weighted by Gasteiger charge is -2.34. The van der Waals surface area contributed by atoms with Crippen LogP contribution >= 0.6 is 0 Å². The summed E-state index contributed by atoms with van der Waals surface area (Å²) in [7, 11) is 0. The molecule has 27 heavy (non-hydrogen) atoms. The SMILES string of the molecule is O=C(NCCN1CCN(C(=O)/C=C/c2ccccc2)CC1)c1ccccn1. The van der Waals surface area contributed by atoms with Gasteiger partial charge in [0.05, 0.1) is 0 Å². The van der Waals surface area contributed by atoms with Crippen LogP contribution in [0.4, 0.5) is 0 Å². The van der Waals surface area contributed by atoms with E-state index in [9.17, 15) is 9.59 Å². The molecule has 3 rings (SSSR count). The third kappa shape index (κ3) is 5.76. The second-order valence-corrected chi connectivity index (χ2v) is 6.38. The molecule has 1 aromatic carbocycles. The Labute approximate surface area is 159 Å². The molecule has 6 heteroatoms. The van der Waals surface area contributed by atoms with E-state index in [2.05, 4.69) is 15.2 Å². The highest BCUT2D eigenvalue weighted by Gasteiger charge is 2.19. The molecule has 6 nitrogen and oxygen atoms in total. The maximum Gasteiger partial charge on any atom is 0.269 e. The van der Waals surface area contributed by atoms with Crippen molar-refractivity contribution < 1.29 is 9.59 Å². The monoisotopic (exact) mass is 364 g/mol. The summed E-state index contributed by atoms with van der Waals surface area (Å²) in [6.07, 6.45) is 5.09. The molecule has 0 bridgehead atoms. The van der Waals surface area contributed by atoms with Crippen molar-refractivity contribution in [2.24, 2.45) is 0 Å². The molecular weight excluding hydrogens is 340 g/mol. The predicted molar refractivity (Wildman–Crippen MR) is 105 cm³/mol. The van der Waals surface area contributed by atoms with Crippen molar-refractivity contribution in [3.63, 3.8) is 0 Å². The second kappa shape index (κ2) is 9.64. The summed E-state index contributed by atoms with van der Waals surface area (Å²) in [6.45, 7) is 4.35. The van der Waals surface area contributed by atoms with Crippen molar-refractivity contribution in [3.05, 3.63) is 72.1 Å². The zero-order valence-corrected chi connectivity index (χ0v) is 15.3. The van der Waals surface area contributed by atoms with E-state index in [1.54, 1.807) is 30.5 Å². The first-order chi connectivity index (χ1) is 13.2. The number of amides is 2. The number of piperazine rings is 1. The molecule has 1 aromatic heterocycles. The molecule has 1 fully saturated rings. The summed E-state index contributed by atoms with van der Waals surface area (Å²) in [4.78, 5) is 32.4. The molecule has 2 aromatic rings. The van der Waals surface area contributed by atoms with Gasteiger partial charge < -0.3 is 10.2 Å². The second-order valence-electron chi connectivity index (χ2n) is 6.38. The summed E-state index contributed by atoms with van der Waals surface area (Å²) >= 11 is 0. The van der Waals surface area contributed by atoms with E-state index < -0.39 is 0 Å². The highest BCUT2D eigenvalue weighted by atomic mass is 16.2. The standard InChI is InChI=1S/C21H24N4O2/c26-20(10-9-18-6-2-1-3-7-18)25-16-14-24(15-17-25)13-12-23-21(27)19-8-4-5-11-22-19/h1-11H,12-17H2,(H,23,27)/b10-9+. The number of nitrogens with zero attached hydrogens (tertiary/aromatic N) is 3. The van der Waals surface area contributed by atoms with E-state index in [-0.39, 0.29) is 11.8 Å². The van der Waals surface area contributed by atoms with Crippen LogP contribution < -0.4 is 5.32 Å². The largest absolute Gasteiger partial charge is 0.349 e. The Morgan fingerprint density at radius 2 is 1.74 bits per heavy atom. The number of nitrogens with one attached hydrogen (secondary N) is 1. The Morgan fingerprint density at radius 3 is 2.44 bits per heavy atom. The van der Waals surface area contributed by atoms with Gasteiger partial charge in [-0.15, -0.1) is 0 Å². The lowest BCUT2D eigenvalue weighted by Crippen LogP contribution is -2.49. The third-order valence-corrected chi connectivity index (χ3v) is 4.51. The molecule has 0 atom stereocenters. The number of hydrogen-bond acceptors (Lipinski definition) is 4. The van der Waals surface area contributed by atoms with E-state index in [1.807, 2.05) is 41.3 Å². The Hall–Kier alpha value is -2.99. The summed E-state index contributed by atoms with van der Waals surface area (Å²) in [5.74, 6) is -0.113. The number of benzene rings is 1. The van der Waals surface area contributed by atoms with Crippen molar-refractivity contribution in [2.45, 2.75) is 0 Å². The van der Waals surface area contributed by atoms with Crippen LogP contribution in [0, 0.1) is 0 Å². The minimum Gasteiger partial charge on any atom is -0.349 e. The first-order valence-corrected chi connectivity index (χ1v) is 9.16. The minimum atomic E-state index is -0.157. The van der Waals surface area contributed by atoms with E-state index in [4.69, 9.17) is 0 Å². The van der Waals surface area contributed by atoms with Crippen LogP contribution in [-0.4, -0.2) is 65.9 Å². The van der Waals surface area contributed by atoms with Gasteiger partial charge in [0.25, 0.3) is 5.91 Å². The Morgan fingerprint density at radius 1 is 1.00 bits per heavy atom. The molecule has 1 aliphatic heterocycles. The average molecular weight is 364 g/mol. The molecule has 0 unspecified atom stereocenters. The van der Waals surface area contributed by atoms with Gasteiger partial charge in [0, 0.05) is 51.5 Å². The predicted octanol–water partition coefficient (Wildman–Crippen LogP) is 1.67. The highest BCUT2D eigenvalue weighted by molar-refractivity contribution is 5.92. The Kier molecular flexibility index (Phi) is 6.71. The van der Waals surface area contributed by atoms with E-state index in [0.29, 0.717) is 25.3 Å². The molecule has 2 amide bonds. The van der Waals surface area contributed by atoms with Crippen molar-refractivity contribution in [1.82, 2.24) is 20.1 Å². The summed E-state index contributed by atoms with van der Waals surface area (Å²) in [5, 5.41) is 2.88. The Balaban J connectivity index is 1.37. The fourth-order valence-corrected chi connectivity index (χ4v) is 2.94. The van der Waals surface area contributed by atoms with Gasteiger partial charge in [0.15, 0.2) is 0 Å². The van der Waals surface area contributed by atoms with Crippen LogP contribution in [0.2, 0.25) is 0 Å². The van der Waals surface area contributed by atoms with Crippen LogP contribution in [0.1, 0.15) is 16.1 Å². The maximum absolute atomic E-state index is 12.3. The third-order valence-electron chi connectivity index (χ3n) is 4.51. The number of pyridine rings is 1. The lowest BCUT2D eigenvalue weighted by molar-refractivity contribution is -0.127. The number of aromatic nitrogens is 1. The first-order valence-electron chi connectivity index (χ1n) is 9.16. The lowest BCUT2D eigenvalue weighted by atomic mass is 10.2. The van der Waals surface area contributed by atoms with Gasteiger partial charge in [0.2, 0.25) is 5.91 Å². The van der Waals surface area contributed by atoms with Gasteiger partial charge in [-0.25, -0.2) is 0 Å². The fourth-order valence-electron chi connectivity index (χ4n) is 2.94. The molecule has 0 aliphatic carbocycles. The van der Waals surface area contributed by atoms with Crippen molar-refractivity contribution >= 4 is 17.9 Å². The van der Waals surface area contributed by atoms with E-state index in [0.717, 1.165) is 25.2 Å². The summed E-state index contributed by atoms with van der Waals surface area (Å²) < 4.78 is 0. The molecule has 2 heterocycles. The van der Waals surface area contributed by atoms with Gasteiger partial charge in [-0.1, -0.05) is 36.4 Å².